The van der Waals surface area contributed by atoms with E-state index in [2.05, 4.69) is 22.8 Å². The highest BCUT2D eigenvalue weighted by molar-refractivity contribution is 7.10. The highest BCUT2D eigenvalue weighted by Crippen LogP contribution is 2.28. The van der Waals surface area contributed by atoms with Crippen LogP contribution >= 0.6 is 11.3 Å². The zero-order chi connectivity index (χ0) is 10.5. The van der Waals surface area contributed by atoms with Crippen LogP contribution < -0.4 is 11.1 Å². The first-order chi connectivity index (χ1) is 7.36. The first-order valence-electron chi connectivity index (χ1n) is 5.86. The van der Waals surface area contributed by atoms with Gasteiger partial charge in [-0.3, -0.25) is 0 Å². The summed E-state index contributed by atoms with van der Waals surface area (Å²) in [5.41, 5.74) is 6.05. The molecule has 0 aliphatic heterocycles. The predicted octanol–water partition coefficient (Wildman–Crippen LogP) is 2.53. The van der Waals surface area contributed by atoms with Gasteiger partial charge in [-0.25, -0.2) is 0 Å². The summed E-state index contributed by atoms with van der Waals surface area (Å²) < 4.78 is 0. The summed E-state index contributed by atoms with van der Waals surface area (Å²) in [6.45, 7) is 2.04. The van der Waals surface area contributed by atoms with Crippen molar-refractivity contribution in [3.05, 3.63) is 22.4 Å². The number of thiophene rings is 1. The van der Waals surface area contributed by atoms with E-state index in [1.54, 1.807) is 11.3 Å². The molecule has 1 saturated carbocycles. The molecule has 0 spiro atoms. The molecule has 1 heterocycles. The number of hydrogen-bond acceptors (Lipinski definition) is 3. The maximum absolute atomic E-state index is 6.05. The molecule has 0 radical (unpaired) electrons. The minimum absolute atomic E-state index is 0.173. The van der Waals surface area contributed by atoms with Crippen molar-refractivity contribution in [2.75, 3.05) is 13.1 Å². The van der Waals surface area contributed by atoms with Crippen LogP contribution in [-0.2, 0) is 0 Å². The molecule has 1 aromatic rings. The van der Waals surface area contributed by atoms with Gasteiger partial charge in [-0.05, 0) is 30.3 Å². The van der Waals surface area contributed by atoms with Crippen LogP contribution in [0, 0.1) is 5.92 Å². The molecule has 0 bridgehead atoms. The fourth-order valence-corrected chi connectivity index (χ4v) is 2.68. The Bertz CT molecular complexity index is 267. The predicted molar refractivity (Wildman–Crippen MR) is 66.1 cm³/mol. The third-order valence-corrected chi connectivity index (χ3v) is 4.23. The van der Waals surface area contributed by atoms with E-state index in [-0.39, 0.29) is 6.04 Å². The Morgan fingerprint density at radius 3 is 3.00 bits per heavy atom. The summed E-state index contributed by atoms with van der Waals surface area (Å²) in [5, 5.41) is 5.54. The lowest BCUT2D eigenvalue weighted by Gasteiger charge is -2.25. The molecule has 84 valence electrons. The Labute approximate surface area is 95.9 Å². The van der Waals surface area contributed by atoms with Crippen molar-refractivity contribution in [3.8, 4) is 0 Å². The van der Waals surface area contributed by atoms with Crippen LogP contribution in [0.1, 0.15) is 36.6 Å². The van der Waals surface area contributed by atoms with E-state index < -0.39 is 0 Å². The standard InChI is InChI=1S/C12H20N2S/c13-11(12-5-2-8-15-12)9-14-7-6-10-3-1-4-10/h2,5,8,10-11,14H,1,3-4,6-7,9,13H2. The maximum Gasteiger partial charge on any atom is 0.0516 e. The maximum atomic E-state index is 6.05. The number of rotatable bonds is 6. The van der Waals surface area contributed by atoms with Crippen molar-refractivity contribution in [1.82, 2.24) is 5.32 Å². The number of hydrogen-bond donors (Lipinski definition) is 2. The molecule has 3 N–H and O–H groups in total. The topological polar surface area (TPSA) is 38.0 Å². The fraction of sp³-hybridized carbons (Fsp3) is 0.667. The summed E-state index contributed by atoms with van der Waals surface area (Å²) in [6, 6.07) is 4.35. The molecule has 1 atom stereocenters. The van der Waals surface area contributed by atoms with E-state index in [1.807, 2.05) is 0 Å². The first kappa shape index (κ1) is 11.1. The van der Waals surface area contributed by atoms with Crippen LogP contribution in [0.3, 0.4) is 0 Å². The van der Waals surface area contributed by atoms with E-state index in [1.165, 1.54) is 30.6 Å². The summed E-state index contributed by atoms with van der Waals surface area (Å²) in [4.78, 5) is 1.28. The molecule has 2 nitrogen and oxygen atoms in total. The lowest BCUT2D eigenvalue weighted by molar-refractivity contribution is 0.291. The van der Waals surface area contributed by atoms with Gasteiger partial charge in [-0.15, -0.1) is 11.3 Å². The van der Waals surface area contributed by atoms with E-state index in [0.717, 1.165) is 19.0 Å². The SMILES string of the molecule is NC(CNCCC1CCC1)c1cccs1. The van der Waals surface area contributed by atoms with E-state index in [9.17, 15) is 0 Å². The monoisotopic (exact) mass is 224 g/mol. The molecule has 1 aromatic heterocycles. The van der Waals surface area contributed by atoms with Gasteiger partial charge >= 0.3 is 0 Å². The molecule has 2 rings (SSSR count). The molecule has 0 aromatic carbocycles. The highest BCUT2D eigenvalue weighted by atomic mass is 32.1. The highest BCUT2D eigenvalue weighted by Gasteiger charge is 2.16. The molecule has 0 amide bonds. The van der Waals surface area contributed by atoms with Gasteiger partial charge in [-0.2, -0.15) is 0 Å². The van der Waals surface area contributed by atoms with E-state index in [4.69, 9.17) is 5.73 Å². The molecule has 15 heavy (non-hydrogen) atoms. The van der Waals surface area contributed by atoms with Crippen LogP contribution in [0.2, 0.25) is 0 Å². The summed E-state index contributed by atoms with van der Waals surface area (Å²) in [5.74, 6) is 0.996. The van der Waals surface area contributed by atoms with Crippen molar-refractivity contribution in [2.45, 2.75) is 31.7 Å². The Kier molecular flexibility index (Phi) is 4.18. The molecular weight excluding hydrogens is 204 g/mol. The zero-order valence-corrected chi connectivity index (χ0v) is 9.93. The molecule has 1 unspecified atom stereocenters. The first-order valence-corrected chi connectivity index (χ1v) is 6.74. The van der Waals surface area contributed by atoms with Gasteiger partial charge in [-0.1, -0.05) is 25.3 Å². The second-order valence-electron chi connectivity index (χ2n) is 4.41. The smallest absolute Gasteiger partial charge is 0.0516 e. The second kappa shape index (κ2) is 5.64. The largest absolute Gasteiger partial charge is 0.322 e. The van der Waals surface area contributed by atoms with Crippen LogP contribution in [0.15, 0.2) is 17.5 Å². The minimum Gasteiger partial charge on any atom is -0.322 e. The van der Waals surface area contributed by atoms with Gasteiger partial charge in [0.15, 0.2) is 0 Å². The van der Waals surface area contributed by atoms with E-state index >= 15 is 0 Å². The minimum atomic E-state index is 0.173. The van der Waals surface area contributed by atoms with Gasteiger partial charge in [0.1, 0.15) is 0 Å². The quantitative estimate of drug-likeness (QED) is 0.729. The Morgan fingerprint density at radius 1 is 1.53 bits per heavy atom. The van der Waals surface area contributed by atoms with Crippen molar-refractivity contribution in [2.24, 2.45) is 11.7 Å². The van der Waals surface area contributed by atoms with Gasteiger partial charge in [0, 0.05) is 11.4 Å². The molecule has 3 heteroatoms. The fourth-order valence-electron chi connectivity index (χ4n) is 1.95. The molecular formula is C12H20N2S. The van der Waals surface area contributed by atoms with E-state index in [0.29, 0.717) is 0 Å². The summed E-state index contributed by atoms with van der Waals surface area (Å²) >= 11 is 1.75. The average molecular weight is 224 g/mol. The Morgan fingerprint density at radius 2 is 2.40 bits per heavy atom. The third-order valence-electron chi connectivity index (χ3n) is 3.23. The third kappa shape index (κ3) is 3.30. The second-order valence-corrected chi connectivity index (χ2v) is 5.39. The van der Waals surface area contributed by atoms with Crippen molar-refractivity contribution in [3.63, 3.8) is 0 Å². The van der Waals surface area contributed by atoms with Gasteiger partial charge in [0.25, 0.3) is 0 Å². The lowest BCUT2D eigenvalue weighted by atomic mass is 9.83. The van der Waals surface area contributed by atoms with Crippen molar-refractivity contribution in [1.29, 1.82) is 0 Å². The lowest BCUT2D eigenvalue weighted by Crippen LogP contribution is -2.28. The van der Waals surface area contributed by atoms with Crippen LogP contribution in [0.5, 0.6) is 0 Å². The Hall–Kier alpha value is -0.380. The Balaban J connectivity index is 1.57. The van der Waals surface area contributed by atoms with Crippen LogP contribution in [-0.4, -0.2) is 13.1 Å². The number of nitrogens with one attached hydrogen (secondary N) is 1. The normalized spacial score (nSPS) is 18.7. The molecule has 1 aliphatic rings. The summed E-state index contributed by atoms with van der Waals surface area (Å²) in [6.07, 6.45) is 5.66. The van der Waals surface area contributed by atoms with Crippen molar-refractivity contribution < 1.29 is 0 Å². The van der Waals surface area contributed by atoms with Crippen LogP contribution in [0.4, 0.5) is 0 Å². The summed E-state index contributed by atoms with van der Waals surface area (Å²) in [7, 11) is 0. The molecule has 1 fully saturated rings. The van der Waals surface area contributed by atoms with Crippen molar-refractivity contribution >= 4 is 11.3 Å². The van der Waals surface area contributed by atoms with Gasteiger partial charge < -0.3 is 11.1 Å². The van der Waals surface area contributed by atoms with Crippen LogP contribution in [0.25, 0.3) is 0 Å². The van der Waals surface area contributed by atoms with Gasteiger partial charge in [0.05, 0.1) is 6.04 Å². The molecule has 0 saturated heterocycles. The zero-order valence-electron chi connectivity index (χ0n) is 9.11. The number of nitrogens with two attached hydrogens (primary N) is 1. The van der Waals surface area contributed by atoms with Gasteiger partial charge in [0.2, 0.25) is 0 Å². The molecule has 1 aliphatic carbocycles. The average Bonchev–Trinajstić information content (AvgIpc) is 2.67.